The molecule has 0 aliphatic carbocycles. The molecule has 4 heteroatoms. The Kier molecular flexibility index (Phi) is 2.14. The average molecular weight is 194 g/mol. The fourth-order valence-corrected chi connectivity index (χ4v) is 1.92. The Bertz CT molecular complexity index is 424. The number of rotatable bonds is 2. The Labute approximate surface area is 80.5 Å². The van der Waals surface area contributed by atoms with Crippen LogP contribution in [0.1, 0.15) is 0 Å². The first kappa shape index (κ1) is 8.44. The second-order valence-electron chi connectivity index (χ2n) is 2.61. The van der Waals surface area contributed by atoms with Crippen LogP contribution >= 0.6 is 11.8 Å². The van der Waals surface area contributed by atoms with Crippen LogP contribution in [0, 0.1) is 0 Å². The summed E-state index contributed by atoms with van der Waals surface area (Å²) in [4.78, 5) is 1.18. The van der Waals surface area contributed by atoms with Crippen molar-refractivity contribution in [3.63, 3.8) is 0 Å². The first-order valence-corrected chi connectivity index (χ1v) is 5.19. The lowest BCUT2D eigenvalue weighted by Crippen LogP contribution is -1.88. The molecule has 0 bridgehead atoms. The monoisotopic (exact) mass is 194 g/mol. The number of aromatic nitrogens is 1. The van der Waals surface area contributed by atoms with Crippen LogP contribution in [0.3, 0.4) is 0 Å². The molecule has 68 valence electrons. The molecular weight excluding hydrogens is 184 g/mol. The van der Waals surface area contributed by atoms with E-state index >= 15 is 0 Å². The number of hydrogen-bond donors (Lipinski definition) is 1. The number of hydrogen-bond acceptors (Lipinski definition) is 4. The van der Waals surface area contributed by atoms with Crippen LogP contribution in [0.4, 0.5) is 5.82 Å². The summed E-state index contributed by atoms with van der Waals surface area (Å²) in [5.41, 5.74) is 0.830. The van der Waals surface area contributed by atoms with Crippen molar-refractivity contribution in [1.29, 1.82) is 0 Å². The van der Waals surface area contributed by atoms with Crippen molar-refractivity contribution in [2.45, 2.75) is 4.90 Å². The summed E-state index contributed by atoms with van der Waals surface area (Å²) in [6, 6.07) is 5.95. The van der Waals surface area contributed by atoms with E-state index in [0.29, 0.717) is 0 Å². The number of fused-ring (bicyclic) bond motifs is 1. The van der Waals surface area contributed by atoms with Gasteiger partial charge in [-0.2, -0.15) is 0 Å². The smallest absolute Gasteiger partial charge is 0.178 e. The topological polar surface area (TPSA) is 38.1 Å². The van der Waals surface area contributed by atoms with Crippen LogP contribution in [0.5, 0.6) is 0 Å². The van der Waals surface area contributed by atoms with E-state index in [2.05, 4.69) is 16.5 Å². The summed E-state index contributed by atoms with van der Waals surface area (Å²) in [7, 11) is 1.84. The molecule has 0 radical (unpaired) electrons. The summed E-state index contributed by atoms with van der Waals surface area (Å²) >= 11 is 1.69. The predicted octanol–water partition coefficient (Wildman–Crippen LogP) is 2.59. The Morgan fingerprint density at radius 1 is 1.46 bits per heavy atom. The summed E-state index contributed by atoms with van der Waals surface area (Å²) in [5, 5.41) is 8.00. The Hall–Kier alpha value is -1.16. The Balaban J connectivity index is 2.76. The third kappa shape index (κ3) is 1.27. The summed E-state index contributed by atoms with van der Waals surface area (Å²) in [6.45, 7) is 0. The fourth-order valence-electron chi connectivity index (χ4n) is 1.30. The van der Waals surface area contributed by atoms with Crippen molar-refractivity contribution < 1.29 is 4.52 Å². The first-order valence-electron chi connectivity index (χ1n) is 3.97. The minimum atomic E-state index is 0.806. The van der Waals surface area contributed by atoms with Gasteiger partial charge in [0.1, 0.15) is 0 Å². The number of nitrogens with one attached hydrogen (secondary N) is 1. The highest BCUT2D eigenvalue weighted by atomic mass is 32.2. The number of anilines is 1. The zero-order chi connectivity index (χ0) is 9.26. The molecule has 13 heavy (non-hydrogen) atoms. The minimum Gasteiger partial charge on any atom is -0.370 e. The highest BCUT2D eigenvalue weighted by Crippen LogP contribution is 2.31. The SMILES string of the molecule is CNc1noc2cccc(SC)c12. The number of nitrogens with zero attached hydrogens (tertiary/aromatic N) is 1. The van der Waals surface area contributed by atoms with Gasteiger partial charge in [0.15, 0.2) is 11.4 Å². The van der Waals surface area contributed by atoms with E-state index in [1.807, 2.05) is 25.4 Å². The minimum absolute atomic E-state index is 0.806. The maximum absolute atomic E-state index is 5.16. The third-order valence-corrected chi connectivity index (χ3v) is 2.70. The van der Waals surface area contributed by atoms with Gasteiger partial charge in [-0.25, -0.2) is 0 Å². The molecule has 0 fully saturated rings. The van der Waals surface area contributed by atoms with Crippen LogP contribution in [-0.4, -0.2) is 18.5 Å². The molecule has 0 aliphatic heterocycles. The maximum Gasteiger partial charge on any atom is 0.178 e. The maximum atomic E-state index is 5.16. The van der Waals surface area contributed by atoms with Gasteiger partial charge in [0, 0.05) is 11.9 Å². The summed E-state index contributed by atoms with van der Waals surface area (Å²) in [6.07, 6.45) is 2.04. The van der Waals surface area contributed by atoms with Crippen molar-refractivity contribution in [2.24, 2.45) is 0 Å². The van der Waals surface area contributed by atoms with E-state index in [4.69, 9.17) is 4.52 Å². The molecule has 0 aliphatic rings. The van der Waals surface area contributed by atoms with Crippen LogP contribution in [0.2, 0.25) is 0 Å². The molecule has 2 aromatic rings. The molecule has 0 saturated carbocycles. The average Bonchev–Trinajstić information content (AvgIpc) is 2.60. The zero-order valence-electron chi connectivity index (χ0n) is 7.50. The molecule has 0 amide bonds. The van der Waals surface area contributed by atoms with E-state index < -0.39 is 0 Å². The molecule has 0 saturated heterocycles. The molecular formula is C9H10N2OS. The lowest BCUT2D eigenvalue weighted by Gasteiger charge is -1.98. The Morgan fingerprint density at radius 3 is 3.00 bits per heavy atom. The number of benzene rings is 1. The quantitative estimate of drug-likeness (QED) is 0.746. The van der Waals surface area contributed by atoms with Gasteiger partial charge in [-0.15, -0.1) is 11.8 Å². The van der Waals surface area contributed by atoms with Crippen LogP contribution in [0.25, 0.3) is 11.0 Å². The molecule has 1 heterocycles. The van der Waals surface area contributed by atoms with E-state index in [1.54, 1.807) is 11.8 Å². The van der Waals surface area contributed by atoms with Crippen molar-refractivity contribution in [1.82, 2.24) is 5.16 Å². The van der Waals surface area contributed by atoms with Crippen LogP contribution in [-0.2, 0) is 0 Å². The Morgan fingerprint density at radius 2 is 2.31 bits per heavy atom. The van der Waals surface area contributed by atoms with Crippen molar-refractivity contribution >= 4 is 28.5 Å². The van der Waals surface area contributed by atoms with Gasteiger partial charge in [0.2, 0.25) is 0 Å². The lowest BCUT2D eigenvalue weighted by atomic mass is 10.2. The van der Waals surface area contributed by atoms with Gasteiger partial charge >= 0.3 is 0 Å². The molecule has 0 atom stereocenters. The largest absolute Gasteiger partial charge is 0.370 e. The van der Waals surface area contributed by atoms with Crippen molar-refractivity contribution in [3.8, 4) is 0 Å². The molecule has 1 N–H and O–H groups in total. The predicted molar refractivity (Wildman–Crippen MR) is 55.3 cm³/mol. The van der Waals surface area contributed by atoms with Gasteiger partial charge in [0.05, 0.1) is 5.39 Å². The van der Waals surface area contributed by atoms with Gasteiger partial charge in [-0.3, -0.25) is 0 Å². The zero-order valence-corrected chi connectivity index (χ0v) is 8.31. The summed E-state index contributed by atoms with van der Waals surface area (Å²) < 4.78 is 5.16. The van der Waals surface area contributed by atoms with E-state index in [1.165, 1.54) is 4.90 Å². The molecule has 1 aromatic heterocycles. The van der Waals surface area contributed by atoms with Crippen molar-refractivity contribution in [3.05, 3.63) is 18.2 Å². The van der Waals surface area contributed by atoms with E-state index in [9.17, 15) is 0 Å². The van der Waals surface area contributed by atoms with Crippen molar-refractivity contribution in [2.75, 3.05) is 18.6 Å². The fraction of sp³-hybridized carbons (Fsp3) is 0.222. The molecule has 0 spiro atoms. The molecule has 0 unspecified atom stereocenters. The molecule has 2 rings (SSSR count). The van der Waals surface area contributed by atoms with Gasteiger partial charge in [0.25, 0.3) is 0 Å². The van der Waals surface area contributed by atoms with Gasteiger partial charge in [-0.05, 0) is 18.4 Å². The van der Waals surface area contributed by atoms with Crippen LogP contribution in [0.15, 0.2) is 27.6 Å². The second-order valence-corrected chi connectivity index (χ2v) is 3.46. The molecule has 3 nitrogen and oxygen atoms in total. The van der Waals surface area contributed by atoms with E-state index in [0.717, 1.165) is 16.8 Å². The normalized spacial score (nSPS) is 10.6. The van der Waals surface area contributed by atoms with Crippen LogP contribution < -0.4 is 5.32 Å². The number of thioether (sulfide) groups is 1. The highest BCUT2D eigenvalue weighted by molar-refractivity contribution is 7.98. The standard InChI is InChI=1S/C9H10N2OS/c1-10-9-8-6(12-11-9)4-3-5-7(8)13-2/h3-5H,1-2H3,(H,10,11). The van der Waals surface area contributed by atoms with E-state index in [-0.39, 0.29) is 0 Å². The summed E-state index contributed by atoms with van der Waals surface area (Å²) in [5.74, 6) is 0.806. The first-order chi connectivity index (χ1) is 6.36. The van der Waals surface area contributed by atoms with Gasteiger partial charge < -0.3 is 9.84 Å². The second kappa shape index (κ2) is 3.30. The van der Waals surface area contributed by atoms with Gasteiger partial charge in [-0.1, -0.05) is 11.2 Å². The third-order valence-electron chi connectivity index (χ3n) is 1.92. The lowest BCUT2D eigenvalue weighted by molar-refractivity contribution is 0.460. The highest BCUT2D eigenvalue weighted by Gasteiger charge is 2.09. The molecule has 1 aromatic carbocycles.